The molecule has 2 amide bonds. The van der Waals surface area contributed by atoms with Crippen LogP contribution in [0.15, 0.2) is 48.5 Å². The number of aliphatic carboxylic acids is 1. The van der Waals surface area contributed by atoms with E-state index in [1.54, 1.807) is 0 Å². The Hall–Kier alpha value is -3.35. The summed E-state index contributed by atoms with van der Waals surface area (Å²) in [5, 5.41) is 12.1. The van der Waals surface area contributed by atoms with Crippen LogP contribution < -0.4 is 5.32 Å². The van der Waals surface area contributed by atoms with Gasteiger partial charge in [0.15, 0.2) is 0 Å². The highest BCUT2D eigenvalue weighted by Gasteiger charge is 2.41. The maximum Gasteiger partial charge on any atom is 0.407 e. The van der Waals surface area contributed by atoms with Gasteiger partial charge in [-0.25, -0.2) is 4.79 Å². The van der Waals surface area contributed by atoms with Gasteiger partial charge in [0.2, 0.25) is 5.91 Å². The van der Waals surface area contributed by atoms with Crippen LogP contribution in [-0.2, 0) is 14.3 Å². The van der Waals surface area contributed by atoms with E-state index >= 15 is 0 Å². The van der Waals surface area contributed by atoms with Gasteiger partial charge in [-0.2, -0.15) is 0 Å². The molecule has 0 bridgehead atoms. The lowest BCUT2D eigenvalue weighted by atomic mass is 9.80. The SMILES string of the molecule is CCC(CC)(CNC(=O)OCC1c2ccccc2-c2ccccc21)C(=O)N(CC(=O)O)CC1CC1. The Kier molecular flexibility index (Phi) is 7.43. The number of amides is 2. The summed E-state index contributed by atoms with van der Waals surface area (Å²) >= 11 is 0. The van der Waals surface area contributed by atoms with E-state index in [2.05, 4.69) is 29.6 Å². The Labute approximate surface area is 206 Å². The Morgan fingerprint density at radius 1 is 1.00 bits per heavy atom. The first kappa shape index (κ1) is 24.8. The van der Waals surface area contributed by atoms with E-state index in [0.717, 1.165) is 35.1 Å². The van der Waals surface area contributed by atoms with E-state index in [-0.39, 0.29) is 31.5 Å². The van der Waals surface area contributed by atoms with Crippen molar-refractivity contribution in [3.8, 4) is 11.1 Å². The smallest absolute Gasteiger partial charge is 0.407 e. The molecule has 1 saturated carbocycles. The van der Waals surface area contributed by atoms with Gasteiger partial charge >= 0.3 is 12.1 Å². The van der Waals surface area contributed by atoms with Crippen molar-refractivity contribution in [1.82, 2.24) is 10.2 Å². The Morgan fingerprint density at radius 3 is 2.09 bits per heavy atom. The average Bonchev–Trinajstić information content (AvgIpc) is 3.63. The van der Waals surface area contributed by atoms with Crippen molar-refractivity contribution in [3.05, 3.63) is 59.7 Å². The van der Waals surface area contributed by atoms with E-state index in [4.69, 9.17) is 4.74 Å². The molecular weight excluding hydrogens is 444 g/mol. The first-order valence-electron chi connectivity index (χ1n) is 12.5. The third-order valence-corrected chi connectivity index (χ3v) is 7.51. The highest BCUT2D eigenvalue weighted by Crippen LogP contribution is 2.44. The van der Waals surface area contributed by atoms with Crippen LogP contribution >= 0.6 is 0 Å². The molecule has 35 heavy (non-hydrogen) atoms. The maximum absolute atomic E-state index is 13.5. The molecule has 2 aromatic carbocycles. The van der Waals surface area contributed by atoms with Gasteiger partial charge in [-0.05, 0) is 53.9 Å². The fourth-order valence-electron chi connectivity index (χ4n) is 5.10. The van der Waals surface area contributed by atoms with E-state index in [9.17, 15) is 19.5 Å². The third-order valence-electron chi connectivity index (χ3n) is 7.51. The van der Waals surface area contributed by atoms with Crippen LogP contribution in [0.25, 0.3) is 11.1 Å². The Bertz CT molecular complexity index is 1040. The number of carbonyl (C=O) groups excluding carboxylic acids is 2. The summed E-state index contributed by atoms with van der Waals surface area (Å²) in [6.45, 7) is 4.25. The van der Waals surface area contributed by atoms with Crippen LogP contribution in [0.2, 0.25) is 0 Å². The molecule has 2 aliphatic carbocycles. The molecule has 7 heteroatoms. The molecule has 0 atom stereocenters. The predicted octanol–water partition coefficient (Wildman–Crippen LogP) is 4.65. The second kappa shape index (κ2) is 10.5. The summed E-state index contributed by atoms with van der Waals surface area (Å²) in [4.78, 5) is 39.0. The molecule has 7 nitrogen and oxygen atoms in total. The second-order valence-electron chi connectivity index (χ2n) is 9.69. The van der Waals surface area contributed by atoms with Gasteiger partial charge in [0.25, 0.3) is 0 Å². The number of fused-ring (bicyclic) bond motifs is 3. The number of nitrogens with zero attached hydrogens (tertiary/aromatic N) is 1. The minimum atomic E-state index is -1.02. The highest BCUT2D eigenvalue weighted by atomic mass is 16.5. The molecule has 0 aliphatic heterocycles. The van der Waals surface area contributed by atoms with Crippen molar-refractivity contribution in [1.29, 1.82) is 0 Å². The zero-order valence-corrected chi connectivity index (χ0v) is 20.5. The number of ether oxygens (including phenoxy) is 1. The number of benzene rings is 2. The lowest BCUT2D eigenvalue weighted by Crippen LogP contribution is -2.51. The molecule has 2 aromatic rings. The van der Waals surface area contributed by atoms with Crippen molar-refractivity contribution in [2.75, 3.05) is 26.2 Å². The van der Waals surface area contributed by atoms with Crippen molar-refractivity contribution in [3.63, 3.8) is 0 Å². The normalized spacial score (nSPS) is 14.7. The Morgan fingerprint density at radius 2 is 1.57 bits per heavy atom. The van der Waals surface area contributed by atoms with Crippen LogP contribution in [0, 0.1) is 11.3 Å². The molecule has 4 rings (SSSR count). The lowest BCUT2D eigenvalue weighted by Gasteiger charge is -2.35. The molecule has 0 unspecified atom stereocenters. The molecule has 0 heterocycles. The quantitative estimate of drug-likeness (QED) is 0.490. The molecule has 186 valence electrons. The number of carboxylic acid groups (broad SMARTS) is 1. The largest absolute Gasteiger partial charge is 0.480 e. The highest BCUT2D eigenvalue weighted by molar-refractivity contribution is 5.87. The van der Waals surface area contributed by atoms with Crippen molar-refractivity contribution in [2.24, 2.45) is 11.3 Å². The first-order valence-corrected chi connectivity index (χ1v) is 12.5. The van der Waals surface area contributed by atoms with Gasteiger partial charge in [-0.3, -0.25) is 9.59 Å². The Balaban J connectivity index is 1.40. The minimum absolute atomic E-state index is 0.0403. The fourth-order valence-corrected chi connectivity index (χ4v) is 5.10. The van der Waals surface area contributed by atoms with Gasteiger partial charge < -0.3 is 20.1 Å². The summed E-state index contributed by atoms with van der Waals surface area (Å²) in [6, 6.07) is 16.3. The van der Waals surface area contributed by atoms with Gasteiger partial charge in [-0.1, -0.05) is 62.4 Å². The minimum Gasteiger partial charge on any atom is -0.480 e. The van der Waals surface area contributed by atoms with Crippen LogP contribution in [0.1, 0.15) is 56.6 Å². The second-order valence-corrected chi connectivity index (χ2v) is 9.69. The average molecular weight is 479 g/mol. The molecule has 1 fully saturated rings. The molecule has 0 radical (unpaired) electrons. The molecule has 0 spiro atoms. The molecule has 2 N–H and O–H groups in total. The summed E-state index contributed by atoms with van der Waals surface area (Å²) in [5.41, 5.74) is 3.73. The monoisotopic (exact) mass is 478 g/mol. The molecule has 0 saturated heterocycles. The number of hydrogen-bond donors (Lipinski definition) is 2. The molecular formula is C28H34N2O5. The van der Waals surface area contributed by atoms with Gasteiger partial charge in [-0.15, -0.1) is 0 Å². The van der Waals surface area contributed by atoms with Gasteiger partial charge in [0.1, 0.15) is 13.2 Å². The van der Waals surface area contributed by atoms with Gasteiger partial charge in [0.05, 0.1) is 5.41 Å². The zero-order chi connectivity index (χ0) is 25.0. The maximum atomic E-state index is 13.5. The van der Waals surface area contributed by atoms with E-state index < -0.39 is 17.5 Å². The van der Waals surface area contributed by atoms with E-state index in [0.29, 0.717) is 25.3 Å². The number of alkyl carbamates (subject to hydrolysis) is 1. The number of rotatable bonds is 11. The van der Waals surface area contributed by atoms with Crippen molar-refractivity contribution >= 4 is 18.0 Å². The van der Waals surface area contributed by atoms with E-state index in [1.807, 2.05) is 38.1 Å². The van der Waals surface area contributed by atoms with Crippen LogP contribution in [0.5, 0.6) is 0 Å². The third kappa shape index (κ3) is 5.34. The number of hydrogen-bond acceptors (Lipinski definition) is 4. The van der Waals surface area contributed by atoms with Crippen LogP contribution in [0.4, 0.5) is 4.79 Å². The van der Waals surface area contributed by atoms with E-state index in [1.165, 1.54) is 4.90 Å². The molecule has 2 aliphatic rings. The van der Waals surface area contributed by atoms with Crippen molar-refractivity contribution < 1.29 is 24.2 Å². The molecule has 0 aromatic heterocycles. The number of carbonyl (C=O) groups is 3. The van der Waals surface area contributed by atoms with Crippen LogP contribution in [0.3, 0.4) is 0 Å². The summed E-state index contributed by atoms with van der Waals surface area (Å²) in [6.07, 6.45) is 2.46. The van der Waals surface area contributed by atoms with Crippen molar-refractivity contribution in [2.45, 2.75) is 45.4 Å². The standard InChI is InChI=1S/C28H34N2O5/c1-3-28(4-2,26(33)30(16-25(31)32)15-19-13-14-19)18-29-27(34)35-17-24-22-11-7-5-9-20(22)21-10-6-8-12-23(21)24/h5-12,19,24H,3-4,13-18H2,1-2H3,(H,29,34)(H,31,32). The number of nitrogens with one attached hydrogen (secondary N) is 1. The predicted molar refractivity (Wildman–Crippen MR) is 133 cm³/mol. The zero-order valence-electron chi connectivity index (χ0n) is 20.5. The number of carboxylic acids is 1. The lowest BCUT2D eigenvalue weighted by molar-refractivity contribution is -0.150. The summed E-state index contributed by atoms with van der Waals surface area (Å²) in [5.74, 6) is -0.901. The first-order chi connectivity index (χ1) is 16.9. The van der Waals surface area contributed by atoms with Gasteiger partial charge in [0, 0.05) is 19.0 Å². The fraction of sp³-hybridized carbons (Fsp3) is 0.464. The topological polar surface area (TPSA) is 95.9 Å². The summed E-state index contributed by atoms with van der Waals surface area (Å²) < 4.78 is 5.63. The van der Waals surface area contributed by atoms with Crippen LogP contribution in [-0.4, -0.2) is 54.2 Å². The summed E-state index contributed by atoms with van der Waals surface area (Å²) in [7, 11) is 0.